The highest BCUT2D eigenvalue weighted by Crippen LogP contribution is 2.39. The molecule has 1 amide bonds. The van der Waals surface area contributed by atoms with Gasteiger partial charge >= 0.3 is 5.97 Å². The molecule has 1 saturated carbocycles. The third kappa shape index (κ3) is 2.76. The summed E-state index contributed by atoms with van der Waals surface area (Å²) in [6, 6.07) is 7.02. The van der Waals surface area contributed by atoms with Gasteiger partial charge in [-0.25, -0.2) is 0 Å². The molecule has 1 aliphatic carbocycles. The Balaban J connectivity index is 1.72. The number of aliphatic carboxylic acids is 1. The Hall–Kier alpha value is -2.70. The molecule has 7 heteroatoms. The van der Waals surface area contributed by atoms with Crippen LogP contribution in [0.2, 0.25) is 0 Å². The predicted molar refractivity (Wildman–Crippen MR) is 72.3 cm³/mol. The van der Waals surface area contributed by atoms with Gasteiger partial charge in [0.25, 0.3) is 0 Å². The van der Waals surface area contributed by atoms with E-state index < -0.39 is 17.8 Å². The van der Waals surface area contributed by atoms with Crippen LogP contribution in [0.15, 0.2) is 28.8 Å². The lowest BCUT2D eigenvalue weighted by atomic mass is 10.2. The Morgan fingerprint density at radius 1 is 1.38 bits per heavy atom. The Labute approximate surface area is 120 Å². The number of hydrogen-bond acceptors (Lipinski definition) is 5. The smallest absolute Gasteiger partial charge is 0.307 e. The topological polar surface area (TPSA) is 105 Å². The van der Waals surface area contributed by atoms with Gasteiger partial charge in [0.15, 0.2) is 0 Å². The molecule has 1 aromatic heterocycles. The lowest BCUT2D eigenvalue weighted by Crippen LogP contribution is -2.16. The Bertz CT molecular complexity index is 710. The van der Waals surface area contributed by atoms with Crippen molar-refractivity contribution in [3.8, 4) is 11.4 Å². The fourth-order valence-electron chi connectivity index (χ4n) is 2.15. The molecule has 0 radical (unpaired) electrons. The van der Waals surface area contributed by atoms with E-state index in [1.807, 2.05) is 0 Å². The maximum atomic E-state index is 11.9. The molecular formula is C14H13N3O4. The summed E-state index contributed by atoms with van der Waals surface area (Å²) >= 11 is 0. The standard InChI is InChI=1S/C14H13N3O4/c1-7-15-12(17-21-7)8-3-2-4-9(5-8)16-13(18)10-6-11(10)14(19)20/h2-5,10-11H,6H2,1H3,(H,16,18)(H,19,20). The minimum atomic E-state index is -0.925. The Morgan fingerprint density at radius 2 is 2.19 bits per heavy atom. The van der Waals surface area contributed by atoms with Crippen molar-refractivity contribution in [2.24, 2.45) is 11.8 Å². The molecule has 21 heavy (non-hydrogen) atoms. The average Bonchev–Trinajstić information content (AvgIpc) is 3.15. The van der Waals surface area contributed by atoms with Crippen molar-refractivity contribution in [1.82, 2.24) is 10.1 Å². The Morgan fingerprint density at radius 3 is 2.81 bits per heavy atom. The zero-order valence-corrected chi connectivity index (χ0v) is 11.2. The molecule has 1 fully saturated rings. The number of amides is 1. The molecule has 0 bridgehead atoms. The molecule has 2 aromatic rings. The van der Waals surface area contributed by atoms with Crippen LogP contribution in [0.25, 0.3) is 11.4 Å². The lowest BCUT2D eigenvalue weighted by Gasteiger charge is -2.05. The van der Waals surface area contributed by atoms with Gasteiger partial charge < -0.3 is 14.9 Å². The molecule has 3 rings (SSSR count). The van der Waals surface area contributed by atoms with Crippen molar-refractivity contribution >= 4 is 17.6 Å². The summed E-state index contributed by atoms with van der Waals surface area (Å²) in [6.07, 6.45) is 0.394. The number of hydrogen-bond donors (Lipinski definition) is 2. The molecule has 0 aliphatic heterocycles. The zero-order chi connectivity index (χ0) is 15.0. The zero-order valence-electron chi connectivity index (χ0n) is 11.2. The Kier molecular flexibility index (Phi) is 3.17. The number of nitrogens with one attached hydrogen (secondary N) is 1. The number of nitrogens with zero attached hydrogens (tertiary/aromatic N) is 2. The molecule has 108 valence electrons. The molecule has 0 saturated heterocycles. The van der Waals surface area contributed by atoms with Crippen molar-refractivity contribution in [1.29, 1.82) is 0 Å². The minimum absolute atomic E-state index is 0.274. The lowest BCUT2D eigenvalue weighted by molar-refractivity contribution is -0.139. The van der Waals surface area contributed by atoms with E-state index >= 15 is 0 Å². The van der Waals surface area contributed by atoms with Crippen molar-refractivity contribution < 1.29 is 19.2 Å². The number of carboxylic acid groups (broad SMARTS) is 1. The van der Waals surface area contributed by atoms with Crippen molar-refractivity contribution in [3.63, 3.8) is 0 Å². The second kappa shape index (κ2) is 5.01. The van der Waals surface area contributed by atoms with Crippen LogP contribution >= 0.6 is 0 Å². The van der Waals surface area contributed by atoms with E-state index in [0.29, 0.717) is 23.8 Å². The normalized spacial score (nSPS) is 20.0. The summed E-state index contributed by atoms with van der Waals surface area (Å²) in [4.78, 5) is 26.8. The average molecular weight is 287 g/mol. The first-order chi connectivity index (χ1) is 10.0. The van der Waals surface area contributed by atoms with Gasteiger partial charge in [-0.2, -0.15) is 4.98 Å². The van der Waals surface area contributed by atoms with Crippen LogP contribution in [-0.2, 0) is 9.59 Å². The first-order valence-corrected chi connectivity index (χ1v) is 6.49. The van der Waals surface area contributed by atoms with Gasteiger partial charge in [0.2, 0.25) is 17.6 Å². The van der Waals surface area contributed by atoms with Crippen LogP contribution in [0.3, 0.4) is 0 Å². The van der Waals surface area contributed by atoms with E-state index in [1.54, 1.807) is 31.2 Å². The van der Waals surface area contributed by atoms with E-state index in [0.717, 1.165) is 5.56 Å². The van der Waals surface area contributed by atoms with Gasteiger partial charge in [0, 0.05) is 18.2 Å². The molecule has 7 nitrogen and oxygen atoms in total. The first kappa shape index (κ1) is 13.3. The summed E-state index contributed by atoms with van der Waals surface area (Å²) < 4.78 is 4.91. The highest BCUT2D eigenvalue weighted by Gasteiger charge is 2.48. The van der Waals surface area contributed by atoms with Gasteiger partial charge in [-0.15, -0.1) is 0 Å². The van der Waals surface area contributed by atoms with E-state index in [1.165, 1.54) is 0 Å². The number of anilines is 1. The van der Waals surface area contributed by atoms with Crippen LogP contribution in [-0.4, -0.2) is 27.1 Å². The monoisotopic (exact) mass is 287 g/mol. The molecule has 1 aromatic carbocycles. The molecule has 2 N–H and O–H groups in total. The van der Waals surface area contributed by atoms with Crippen molar-refractivity contribution in [2.75, 3.05) is 5.32 Å². The van der Waals surface area contributed by atoms with Gasteiger partial charge in [0.05, 0.1) is 11.8 Å². The highest BCUT2D eigenvalue weighted by atomic mass is 16.5. The van der Waals surface area contributed by atoms with Crippen LogP contribution in [0.5, 0.6) is 0 Å². The third-order valence-corrected chi connectivity index (χ3v) is 3.36. The molecule has 2 unspecified atom stereocenters. The third-order valence-electron chi connectivity index (χ3n) is 3.36. The summed E-state index contributed by atoms with van der Waals surface area (Å²) in [7, 11) is 0. The summed E-state index contributed by atoms with van der Waals surface area (Å²) in [5.74, 6) is -1.30. The minimum Gasteiger partial charge on any atom is -0.481 e. The van der Waals surface area contributed by atoms with Crippen LogP contribution < -0.4 is 5.32 Å². The second-order valence-electron chi connectivity index (χ2n) is 4.99. The number of carbonyl (C=O) groups is 2. The van der Waals surface area contributed by atoms with Crippen LogP contribution in [0.1, 0.15) is 12.3 Å². The predicted octanol–water partition coefficient (Wildman–Crippen LogP) is 1.70. The summed E-state index contributed by atoms with van der Waals surface area (Å²) in [6.45, 7) is 1.70. The summed E-state index contributed by atoms with van der Waals surface area (Å²) in [5.41, 5.74) is 1.30. The number of aromatic nitrogens is 2. The number of carboxylic acids is 1. The fourth-order valence-corrected chi connectivity index (χ4v) is 2.15. The van der Waals surface area contributed by atoms with Gasteiger partial charge in [-0.3, -0.25) is 9.59 Å². The van der Waals surface area contributed by atoms with Gasteiger partial charge in [0.1, 0.15) is 0 Å². The van der Waals surface area contributed by atoms with E-state index in [2.05, 4.69) is 15.5 Å². The van der Waals surface area contributed by atoms with E-state index in [-0.39, 0.29) is 5.91 Å². The molecule has 1 heterocycles. The number of benzene rings is 1. The highest BCUT2D eigenvalue weighted by molar-refractivity contribution is 5.98. The molecular weight excluding hydrogens is 274 g/mol. The largest absolute Gasteiger partial charge is 0.481 e. The first-order valence-electron chi connectivity index (χ1n) is 6.49. The summed E-state index contributed by atoms with van der Waals surface area (Å²) in [5, 5.41) is 15.4. The number of aryl methyl sites for hydroxylation is 1. The quantitative estimate of drug-likeness (QED) is 0.886. The van der Waals surface area contributed by atoms with Gasteiger partial charge in [-0.1, -0.05) is 17.3 Å². The maximum absolute atomic E-state index is 11.9. The molecule has 1 aliphatic rings. The second-order valence-corrected chi connectivity index (χ2v) is 4.99. The van der Waals surface area contributed by atoms with Gasteiger partial charge in [-0.05, 0) is 18.6 Å². The SMILES string of the molecule is Cc1nc(-c2cccc(NC(=O)C3CC3C(=O)O)c2)no1. The fraction of sp³-hybridized carbons (Fsp3) is 0.286. The van der Waals surface area contributed by atoms with E-state index in [9.17, 15) is 9.59 Å². The number of carbonyl (C=O) groups excluding carboxylic acids is 1. The van der Waals surface area contributed by atoms with Crippen molar-refractivity contribution in [2.45, 2.75) is 13.3 Å². The van der Waals surface area contributed by atoms with Crippen LogP contribution in [0, 0.1) is 18.8 Å². The molecule has 0 spiro atoms. The number of rotatable bonds is 4. The van der Waals surface area contributed by atoms with Crippen LogP contribution in [0.4, 0.5) is 5.69 Å². The maximum Gasteiger partial charge on any atom is 0.307 e. The van der Waals surface area contributed by atoms with E-state index in [4.69, 9.17) is 9.63 Å². The molecule has 2 atom stereocenters. The van der Waals surface area contributed by atoms with Crippen molar-refractivity contribution in [3.05, 3.63) is 30.2 Å².